The summed E-state index contributed by atoms with van der Waals surface area (Å²) in [5.74, 6) is -0.970. The largest absolute Gasteiger partial charge is 0.454 e. The van der Waals surface area contributed by atoms with Gasteiger partial charge < -0.3 is 10.1 Å². The first-order valence-electron chi connectivity index (χ1n) is 8.57. The molecule has 1 aromatic heterocycles. The summed E-state index contributed by atoms with van der Waals surface area (Å²) < 4.78 is 6.57. The summed E-state index contributed by atoms with van der Waals surface area (Å²) in [5, 5.41) is 13.6. The molecule has 1 aliphatic heterocycles. The van der Waals surface area contributed by atoms with Gasteiger partial charge in [-0.25, -0.2) is 9.48 Å². The second-order valence-electron chi connectivity index (χ2n) is 6.22. The van der Waals surface area contributed by atoms with Crippen LogP contribution in [0.15, 0.2) is 48.8 Å². The molecular formula is C19H15N5O4. The molecule has 140 valence electrons. The van der Waals surface area contributed by atoms with Crippen molar-refractivity contribution in [3.8, 4) is 5.69 Å². The highest BCUT2D eigenvalue weighted by atomic mass is 16.5. The van der Waals surface area contributed by atoms with E-state index in [-0.39, 0.29) is 23.9 Å². The molecule has 2 heterocycles. The first-order chi connectivity index (χ1) is 13.6. The molecule has 0 saturated heterocycles. The molecule has 2 aromatic carbocycles. The van der Waals surface area contributed by atoms with Gasteiger partial charge in [0.05, 0.1) is 11.3 Å². The van der Waals surface area contributed by atoms with E-state index in [1.54, 1.807) is 42.5 Å². The van der Waals surface area contributed by atoms with Gasteiger partial charge in [0.1, 0.15) is 6.33 Å². The standard InChI is InChI=1S/C19H15N5O4/c25-17(13-4-6-16-12(8-13)5-7-18(26)21-16)10-28-19(27)14-2-1-3-15(9-14)24-11-20-22-23-24/h1-4,6,8-9,11H,5,7,10H2,(H,21,26). The molecule has 28 heavy (non-hydrogen) atoms. The Morgan fingerprint density at radius 2 is 2.00 bits per heavy atom. The number of anilines is 1. The summed E-state index contributed by atoms with van der Waals surface area (Å²) >= 11 is 0. The van der Waals surface area contributed by atoms with Crippen LogP contribution in [0.25, 0.3) is 5.69 Å². The average Bonchev–Trinajstić information content (AvgIpc) is 3.26. The highest BCUT2D eigenvalue weighted by Crippen LogP contribution is 2.23. The molecule has 1 aliphatic rings. The summed E-state index contributed by atoms with van der Waals surface area (Å²) in [7, 11) is 0. The van der Waals surface area contributed by atoms with Crippen LogP contribution in [0.3, 0.4) is 0 Å². The summed E-state index contributed by atoms with van der Waals surface area (Å²) in [6.45, 7) is -0.376. The third-order valence-corrected chi connectivity index (χ3v) is 4.35. The highest BCUT2D eigenvalue weighted by Gasteiger charge is 2.18. The van der Waals surface area contributed by atoms with Gasteiger partial charge in [-0.05, 0) is 58.8 Å². The molecule has 9 nitrogen and oxygen atoms in total. The number of ketones is 1. The van der Waals surface area contributed by atoms with Gasteiger partial charge in [-0.2, -0.15) is 0 Å². The number of aryl methyl sites for hydroxylation is 1. The van der Waals surface area contributed by atoms with E-state index in [9.17, 15) is 14.4 Å². The Kier molecular flexibility index (Phi) is 4.63. The van der Waals surface area contributed by atoms with E-state index < -0.39 is 5.97 Å². The van der Waals surface area contributed by atoms with Crippen LogP contribution in [0.4, 0.5) is 5.69 Å². The number of esters is 1. The summed E-state index contributed by atoms with van der Waals surface area (Å²) in [4.78, 5) is 36.1. The average molecular weight is 377 g/mol. The topological polar surface area (TPSA) is 116 Å². The second kappa shape index (κ2) is 7.39. The van der Waals surface area contributed by atoms with Crippen molar-refractivity contribution < 1.29 is 19.1 Å². The fraction of sp³-hybridized carbons (Fsp3) is 0.158. The van der Waals surface area contributed by atoms with Crippen LogP contribution in [0.1, 0.15) is 32.7 Å². The molecule has 3 aromatic rings. The van der Waals surface area contributed by atoms with Crippen molar-refractivity contribution in [2.24, 2.45) is 0 Å². The summed E-state index contributed by atoms with van der Waals surface area (Å²) in [5.41, 5.74) is 2.93. The zero-order chi connectivity index (χ0) is 19.5. The number of rotatable bonds is 5. The van der Waals surface area contributed by atoms with Crippen LogP contribution < -0.4 is 5.32 Å². The lowest BCUT2D eigenvalue weighted by atomic mass is 9.99. The molecule has 0 spiro atoms. The monoisotopic (exact) mass is 377 g/mol. The van der Waals surface area contributed by atoms with Crippen molar-refractivity contribution in [1.29, 1.82) is 0 Å². The van der Waals surface area contributed by atoms with E-state index in [0.717, 1.165) is 5.56 Å². The third-order valence-electron chi connectivity index (χ3n) is 4.35. The Labute approximate surface area is 159 Å². The minimum atomic E-state index is -0.617. The quantitative estimate of drug-likeness (QED) is 0.530. The Morgan fingerprint density at radius 1 is 1.11 bits per heavy atom. The van der Waals surface area contributed by atoms with Crippen LogP contribution in [0.2, 0.25) is 0 Å². The number of benzene rings is 2. The van der Waals surface area contributed by atoms with E-state index >= 15 is 0 Å². The maximum atomic E-state index is 12.4. The fourth-order valence-electron chi connectivity index (χ4n) is 2.91. The molecular weight excluding hydrogens is 362 g/mol. The molecule has 0 unspecified atom stereocenters. The van der Waals surface area contributed by atoms with Crippen molar-refractivity contribution in [1.82, 2.24) is 20.2 Å². The van der Waals surface area contributed by atoms with Gasteiger partial charge in [-0.15, -0.1) is 5.10 Å². The minimum Gasteiger partial charge on any atom is -0.454 e. The molecule has 0 saturated carbocycles. The van der Waals surface area contributed by atoms with E-state index in [2.05, 4.69) is 20.8 Å². The van der Waals surface area contributed by atoms with Gasteiger partial charge in [0.25, 0.3) is 0 Å². The number of carbonyl (C=O) groups excluding carboxylic acids is 3. The number of aromatic nitrogens is 4. The van der Waals surface area contributed by atoms with Crippen molar-refractivity contribution in [2.45, 2.75) is 12.8 Å². The minimum absolute atomic E-state index is 0.0376. The van der Waals surface area contributed by atoms with Gasteiger partial charge in [0, 0.05) is 17.7 Å². The van der Waals surface area contributed by atoms with Crippen LogP contribution in [0.5, 0.6) is 0 Å². The van der Waals surface area contributed by atoms with Crippen molar-refractivity contribution in [3.63, 3.8) is 0 Å². The molecule has 9 heteroatoms. The SMILES string of the molecule is O=C1CCc2cc(C(=O)COC(=O)c3cccc(-n4cnnn4)c3)ccc2N1. The van der Waals surface area contributed by atoms with Crippen molar-refractivity contribution >= 4 is 23.3 Å². The second-order valence-corrected chi connectivity index (χ2v) is 6.22. The van der Waals surface area contributed by atoms with Crippen LogP contribution in [0, 0.1) is 0 Å². The molecule has 0 atom stereocenters. The number of carbonyl (C=O) groups is 3. The first kappa shape index (κ1) is 17.5. The smallest absolute Gasteiger partial charge is 0.338 e. The number of Topliss-reactive ketones (excluding diaryl/α,β-unsaturated/α-hetero) is 1. The first-order valence-corrected chi connectivity index (χ1v) is 8.57. The summed E-state index contributed by atoms with van der Waals surface area (Å²) in [6, 6.07) is 11.6. The number of ether oxygens (including phenoxy) is 1. The lowest BCUT2D eigenvalue weighted by molar-refractivity contribution is -0.116. The van der Waals surface area contributed by atoms with Gasteiger partial charge in [-0.1, -0.05) is 6.07 Å². The van der Waals surface area contributed by atoms with Crippen LogP contribution >= 0.6 is 0 Å². The lowest BCUT2D eigenvalue weighted by Gasteiger charge is -2.17. The Hall–Kier alpha value is -3.88. The Morgan fingerprint density at radius 3 is 2.82 bits per heavy atom. The number of fused-ring (bicyclic) bond motifs is 1. The molecule has 1 amide bonds. The maximum Gasteiger partial charge on any atom is 0.338 e. The predicted octanol–water partition coefficient (Wildman–Crippen LogP) is 1.59. The molecule has 0 aliphatic carbocycles. The van der Waals surface area contributed by atoms with Gasteiger partial charge >= 0.3 is 5.97 Å². The molecule has 4 rings (SSSR count). The number of tetrazole rings is 1. The van der Waals surface area contributed by atoms with E-state index in [1.165, 1.54) is 11.0 Å². The van der Waals surface area contributed by atoms with Crippen LogP contribution in [-0.4, -0.2) is 44.5 Å². The number of hydrogen-bond acceptors (Lipinski definition) is 7. The summed E-state index contributed by atoms with van der Waals surface area (Å²) in [6.07, 6.45) is 2.37. The zero-order valence-corrected chi connectivity index (χ0v) is 14.7. The number of amides is 1. The lowest BCUT2D eigenvalue weighted by Crippen LogP contribution is -2.20. The fourth-order valence-corrected chi connectivity index (χ4v) is 2.91. The molecule has 0 fully saturated rings. The number of nitrogens with zero attached hydrogens (tertiary/aromatic N) is 4. The van der Waals surface area contributed by atoms with Crippen molar-refractivity contribution in [3.05, 3.63) is 65.5 Å². The third kappa shape index (κ3) is 3.63. The molecule has 1 N–H and O–H groups in total. The van der Waals surface area contributed by atoms with Gasteiger partial charge in [-0.3, -0.25) is 9.59 Å². The maximum absolute atomic E-state index is 12.4. The van der Waals surface area contributed by atoms with E-state index in [0.29, 0.717) is 29.8 Å². The van der Waals surface area contributed by atoms with Crippen LogP contribution in [-0.2, 0) is 16.0 Å². The Bertz CT molecular complexity index is 1060. The Balaban J connectivity index is 1.42. The highest BCUT2D eigenvalue weighted by molar-refractivity contribution is 6.01. The van der Waals surface area contributed by atoms with E-state index in [1.807, 2.05) is 0 Å². The predicted molar refractivity (Wildman–Crippen MR) is 97.2 cm³/mol. The van der Waals surface area contributed by atoms with Gasteiger partial charge in [0.15, 0.2) is 12.4 Å². The number of nitrogens with one attached hydrogen (secondary N) is 1. The van der Waals surface area contributed by atoms with Crippen molar-refractivity contribution in [2.75, 3.05) is 11.9 Å². The number of hydrogen-bond donors (Lipinski definition) is 1. The van der Waals surface area contributed by atoms with E-state index in [4.69, 9.17) is 4.74 Å². The van der Waals surface area contributed by atoms with Gasteiger partial charge in [0.2, 0.25) is 5.91 Å². The molecule has 0 radical (unpaired) electrons. The molecule has 0 bridgehead atoms. The zero-order valence-electron chi connectivity index (χ0n) is 14.7. The normalized spacial score (nSPS) is 12.8.